The molecule has 6 atom stereocenters. The number of hydrogen-bond donors (Lipinski definition) is 1. The number of fused-ring (bicyclic) bond motifs is 3. The lowest BCUT2D eigenvalue weighted by molar-refractivity contribution is -0.186. The molecule has 0 aromatic carbocycles. The van der Waals surface area contributed by atoms with Crippen LogP contribution in [0.25, 0.3) is 0 Å². The summed E-state index contributed by atoms with van der Waals surface area (Å²) in [7, 11) is 1.51. The Hall–Kier alpha value is -0.900. The van der Waals surface area contributed by atoms with E-state index in [1.807, 2.05) is 0 Å². The molecule has 2 bridgehead atoms. The van der Waals surface area contributed by atoms with Crippen LogP contribution in [0, 0.1) is 33.5 Å². The maximum Gasteiger partial charge on any atom is 0.311 e. The van der Waals surface area contributed by atoms with Crippen LogP contribution in [0.5, 0.6) is 0 Å². The van der Waals surface area contributed by atoms with Gasteiger partial charge in [-0.25, -0.2) is 0 Å². The quantitative estimate of drug-likeness (QED) is 0.776. The molecule has 0 saturated heterocycles. The first-order chi connectivity index (χ1) is 11.8. The van der Waals surface area contributed by atoms with Crippen molar-refractivity contribution in [3.8, 4) is 0 Å². The fourth-order valence-corrected chi connectivity index (χ4v) is 8.03. The molecule has 4 aliphatic rings. The molecule has 1 spiro atoms. The summed E-state index contributed by atoms with van der Waals surface area (Å²) in [5, 5.41) is 9.93. The van der Waals surface area contributed by atoms with Crippen molar-refractivity contribution in [1.29, 1.82) is 0 Å². The van der Waals surface area contributed by atoms with Gasteiger partial charge in [0, 0.05) is 6.42 Å². The van der Waals surface area contributed by atoms with E-state index in [1.165, 1.54) is 7.11 Å². The average Bonchev–Trinajstić information content (AvgIpc) is 2.79. The number of aliphatic hydroxyl groups excluding tert-OH is 1. The summed E-state index contributed by atoms with van der Waals surface area (Å²) in [6, 6.07) is 0. The maximum atomic E-state index is 12.8. The minimum absolute atomic E-state index is 0.0142. The molecule has 25 heavy (non-hydrogen) atoms. The summed E-state index contributed by atoms with van der Waals surface area (Å²) < 4.78 is 5.21. The Labute approximate surface area is 150 Å². The summed E-state index contributed by atoms with van der Waals surface area (Å²) in [6.07, 6.45) is 8.53. The zero-order chi connectivity index (χ0) is 18.1. The predicted molar refractivity (Wildman–Crippen MR) is 93.7 cm³/mol. The number of methoxy groups -OCH3 is 1. The Morgan fingerprint density at radius 3 is 2.56 bits per heavy atom. The van der Waals surface area contributed by atoms with Gasteiger partial charge in [0.05, 0.1) is 24.5 Å². The molecule has 140 valence electrons. The Kier molecular flexibility index (Phi) is 3.72. The second kappa shape index (κ2) is 5.31. The first-order valence-electron chi connectivity index (χ1n) is 9.99. The second-order valence-corrected chi connectivity index (χ2v) is 10.0. The Morgan fingerprint density at radius 1 is 1.16 bits per heavy atom. The number of aliphatic hydroxyl groups is 1. The maximum absolute atomic E-state index is 12.8. The van der Waals surface area contributed by atoms with Crippen LogP contribution >= 0.6 is 0 Å². The first-order valence-corrected chi connectivity index (χ1v) is 9.99. The molecule has 0 radical (unpaired) electrons. The number of carbonyl (C=O) groups excluding carboxylic acids is 2. The Bertz CT molecular complexity index is 615. The van der Waals surface area contributed by atoms with Crippen LogP contribution in [0.2, 0.25) is 0 Å². The molecule has 0 heterocycles. The lowest BCUT2D eigenvalue weighted by Crippen LogP contribution is -2.59. The van der Waals surface area contributed by atoms with Gasteiger partial charge >= 0.3 is 5.97 Å². The van der Waals surface area contributed by atoms with Crippen LogP contribution in [0.15, 0.2) is 0 Å². The standard InChI is InChI=1S/C21H32O4/c1-18-7-4-8-19(2,17(24)25-3)14(18)5-9-20-11-16(23)21(12-20,13-22)10-6-15(18)20/h14-15,22H,4-13H2,1-3H3/t14-,15?,18+,19-,20-,21-/m1/s1. The molecule has 4 aliphatic carbocycles. The molecular formula is C21H32O4. The van der Waals surface area contributed by atoms with E-state index in [4.69, 9.17) is 4.74 Å². The smallest absolute Gasteiger partial charge is 0.311 e. The van der Waals surface area contributed by atoms with Crippen LogP contribution in [0.3, 0.4) is 0 Å². The Balaban J connectivity index is 1.73. The molecule has 0 aromatic heterocycles. The highest BCUT2D eigenvalue weighted by atomic mass is 16.5. The molecule has 4 nitrogen and oxygen atoms in total. The number of ether oxygens (including phenoxy) is 1. The summed E-state index contributed by atoms with van der Waals surface area (Å²) in [6.45, 7) is 4.51. The van der Waals surface area contributed by atoms with Gasteiger partial charge in [0.2, 0.25) is 0 Å². The van der Waals surface area contributed by atoms with E-state index in [0.29, 0.717) is 24.0 Å². The highest BCUT2D eigenvalue weighted by Gasteiger charge is 2.69. The topological polar surface area (TPSA) is 63.6 Å². The minimum atomic E-state index is -0.458. The van der Waals surface area contributed by atoms with Crippen LogP contribution in [0.4, 0.5) is 0 Å². The minimum Gasteiger partial charge on any atom is -0.469 e. The average molecular weight is 348 g/mol. The van der Waals surface area contributed by atoms with Gasteiger partial charge in [-0.15, -0.1) is 0 Å². The number of rotatable bonds is 2. The van der Waals surface area contributed by atoms with Crippen molar-refractivity contribution in [3.63, 3.8) is 0 Å². The lowest BCUT2D eigenvalue weighted by atomic mass is 9.40. The predicted octanol–water partition coefficient (Wildman–Crippen LogP) is 3.50. The van der Waals surface area contributed by atoms with Crippen molar-refractivity contribution in [2.45, 2.75) is 71.6 Å². The van der Waals surface area contributed by atoms with Gasteiger partial charge < -0.3 is 9.84 Å². The first kappa shape index (κ1) is 17.5. The lowest BCUT2D eigenvalue weighted by Gasteiger charge is -2.63. The largest absolute Gasteiger partial charge is 0.469 e. The van der Waals surface area contributed by atoms with E-state index in [0.717, 1.165) is 51.4 Å². The second-order valence-electron chi connectivity index (χ2n) is 10.0. The van der Waals surface area contributed by atoms with Crippen LogP contribution in [0.1, 0.15) is 71.6 Å². The van der Waals surface area contributed by atoms with Gasteiger partial charge in [-0.2, -0.15) is 0 Å². The number of hydrogen-bond acceptors (Lipinski definition) is 4. The van der Waals surface area contributed by atoms with Gasteiger partial charge in [-0.3, -0.25) is 9.59 Å². The third-order valence-corrected chi connectivity index (χ3v) is 9.10. The van der Waals surface area contributed by atoms with Crippen molar-refractivity contribution in [1.82, 2.24) is 0 Å². The fourth-order valence-electron chi connectivity index (χ4n) is 8.03. The zero-order valence-corrected chi connectivity index (χ0v) is 15.9. The van der Waals surface area contributed by atoms with Gasteiger partial charge in [-0.05, 0) is 74.5 Å². The van der Waals surface area contributed by atoms with Crippen LogP contribution < -0.4 is 0 Å². The summed E-state index contributed by atoms with van der Waals surface area (Å²) in [5.41, 5.74) is -0.680. The summed E-state index contributed by atoms with van der Waals surface area (Å²) in [5.74, 6) is 1.08. The number of esters is 1. The monoisotopic (exact) mass is 348 g/mol. The fraction of sp³-hybridized carbons (Fsp3) is 0.905. The third kappa shape index (κ3) is 2.03. The molecule has 1 unspecified atom stereocenters. The van der Waals surface area contributed by atoms with E-state index >= 15 is 0 Å². The van der Waals surface area contributed by atoms with E-state index < -0.39 is 10.8 Å². The highest BCUT2D eigenvalue weighted by Crippen LogP contribution is 2.73. The normalized spacial score (nSPS) is 51.6. The number of Topliss-reactive ketones (excluding diaryl/α,β-unsaturated/α-hetero) is 1. The Morgan fingerprint density at radius 2 is 1.88 bits per heavy atom. The number of carbonyl (C=O) groups is 2. The molecule has 4 rings (SSSR count). The summed E-state index contributed by atoms with van der Waals surface area (Å²) >= 11 is 0. The van der Waals surface area contributed by atoms with Crippen molar-refractivity contribution in [2.24, 2.45) is 33.5 Å². The van der Waals surface area contributed by atoms with E-state index in [9.17, 15) is 14.7 Å². The van der Waals surface area contributed by atoms with Crippen molar-refractivity contribution in [3.05, 3.63) is 0 Å². The van der Waals surface area contributed by atoms with Gasteiger partial charge in [0.15, 0.2) is 0 Å². The summed E-state index contributed by atoms with van der Waals surface area (Å²) in [4.78, 5) is 25.4. The molecule has 0 amide bonds. The van der Waals surface area contributed by atoms with Crippen molar-refractivity contribution >= 4 is 11.8 Å². The van der Waals surface area contributed by atoms with E-state index in [1.54, 1.807) is 0 Å². The number of ketones is 1. The molecule has 0 aliphatic heterocycles. The van der Waals surface area contributed by atoms with Crippen LogP contribution in [-0.4, -0.2) is 30.6 Å². The van der Waals surface area contributed by atoms with Gasteiger partial charge in [-0.1, -0.05) is 13.3 Å². The van der Waals surface area contributed by atoms with Gasteiger partial charge in [0.25, 0.3) is 0 Å². The molecular weight excluding hydrogens is 316 g/mol. The van der Waals surface area contributed by atoms with Gasteiger partial charge in [0.1, 0.15) is 5.78 Å². The molecule has 4 heteroatoms. The van der Waals surface area contributed by atoms with E-state index in [2.05, 4.69) is 13.8 Å². The molecule has 1 N–H and O–H groups in total. The molecule has 4 fully saturated rings. The van der Waals surface area contributed by atoms with Crippen molar-refractivity contribution in [2.75, 3.05) is 13.7 Å². The van der Waals surface area contributed by atoms with E-state index in [-0.39, 0.29) is 23.4 Å². The highest BCUT2D eigenvalue weighted by molar-refractivity contribution is 5.88. The SMILES string of the molecule is COC(=O)[C@]1(C)CCC[C@]2(C)C3CC[C@]4(CO)C[C@@]3(CC[C@@H]12)CC4=O. The molecule has 0 aromatic rings. The zero-order valence-electron chi connectivity index (χ0n) is 15.9. The van der Waals surface area contributed by atoms with Crippen LogP contribution in [-0.2, 0) is 14.3 Å². The van der Waals surface area contributed by atoms with Crippen molar-refractivity contribution < 1.29 is 19.4 Å². The molecule has 4 saturated carbocycles. The third-order valence-electron chi connectivity index (χ3n) is 9.10.